The third-order valence-electron chi connectivity index (χ3n) is 5.49. The predicted molar refractivity (Wildman–Crippen MR) is 132 cm³/mol. The van der Waals surface area contributed by atoms with Gasteiger partial charge in [-0.05, 0) is 24.3 Å². The van der Waals surface area contributed by atoms with Crippen molar-refractivity contribution in [2.75, 3.05) is 19.1 Å². The first kappa shape index (κ1) is 24.4. The summed E-state index contributed by atoms with van der Waals surface area (Å²) in [7, 11) is 4.58. The molecule has 0 radical (unpaired) electrons. The number of aromatic nitrogens is 4. The topological polar surface area (TPSA) is 103 Å². The Kier molecular flexibility index (Phi) is 7.18. The van der Waals surface area contributed by atoms with Crippen molar-refractivity contribution in [1.29, 1.82) is 0 Å². The van der Waals surface area contributed by atoms with Crippen molar-refractivity contribution in [3.63, 3.8) is 0 Å². The Labute approximate surface area is 210 Å². The molecule has 0 N–H and O–H groups in total. The van der Waals surface area contributed by atoms with Gasteiger partial charge in [0.2, 0.25) is 11.7 Å². The quantitative estimate of drug-likeness (QED) is 0.324. The molecule has 35 heavy (non-hydrogen) atoms. The van der Waals surface area contributed by atoms with E-state index >= 15 is 0 Å². The number of ether oxygens (including phenoxy) is 1. The molecule has 0 aliphatic heterocycles. The highest BCUT2D eigenvalue weighted by atomic mass is 35.5. The number of rotatable bonds is 8. The molecule has 1 unspecified atom stereocenters. The van der Waals surface area contributed by atoms with Crippen molar-refractivity contribution < 1.29 is 14.1 Å². The molecule has 0 saturated heterocycles. The number of hydrogen-bond donors (Lipinski definition) is 0. The van der Waals surface area contributed by atoms with Crippen LogP contribution in [0.25, 0.3) is 0 Å². The maximum atomic E-state index is 13.2. The molecule has 1 atom stereocenters. The first-order valence-corrected chi connectivity index (χ1v) is 11.2. The van der Waals surface area contributed by atoms with E-state index in [1.54, 1.807) is 49.5 Å². The van der Waals surface area contributed by atoms with Crippen molar-refractivity contribution >= 4 is 34.9 Å². The molecule has 180 valence electrons. The van der Waals surface area contributed by atoms with Gasteiger partial charge < -0.3 is 14.2 Å². The number of anilines is 1. The van der Waals surface area contributed by atoms with Crippen molar-refractivity contribution in [2.24, 2.45) is 7.05 Å². The molecule has 0 spiro atoms. The smallest absolute Gasteiger partial charge is 0.297 e. The lowest BCUT2D eigenvalue weighted by atomic mass is 10.0. The number of benzene rings is 1. The Morgan fingerprint density at radius 3 is 2.54 bits per heavy atom. The molecule has 3 aromatic heterocycles. The molecule has 4 aromatic rings. The van der Waals surface area contributed by atoms with E-state index in [0.29, 0.717) is 26.9 Å². The van der Waals surface area contributed by atoms with Crippen LogP contribution < -0.4 is 15.2 Å². The molecule has 0 bridgehead atoms. The molecule has 0 fully saturated rings. The Balaban J connectivity index is 1.89. The summed E-state index contributed by atoms with van der Waals surface area (Å²) in [6.45, 7) is 0. The summed E-state index contributed by atoms with van der Waals surface area (Å²) in [4.78, 5) is 37.1. The zero-order valence-electron chi connectivity index (χ0n) is 19.1. The van der Waals surface area contributed by atoms with E-state index in [-0.39, 0.29) is 23.8 Å². The standard InChI is InChI=1S/C24H21Cl2N5O4/c1-30(21(17-9-4-5-10-27-17)19-15(25)7-6-8-16(19)26)24-29-20(22(34-3)23(33)31(24)2)18(32)11-14-12-28-35-13-14/h4-10,12-13,21H,11H2,1-3H3. The molecular formula is C24H21Cl2N5O4. The van der Waals surface area contributed by atoms with E-state index < -0.39 is 17.4 Å². The zero-order chi connectivity index (χ0) is 25.1. The minimum atomic E-state index is -0.620. The second-order valence-electron chi connectivity index (χ2n) is 7.69. The van der Waals surface area contributed by atoms with Gasteiger partial charge >= 0.3 is 0 Å². The van der Waals surface area contributed by atoms with E-state index in [0.717, 1.165) is 0 Å². The van der Waals surface area contributed by atoms with Crippen LogP contribution in [0.5, 0.6) is 5.75 Å². The molecular weight excluding hydrogens is 493 g/mol. The molecule has 9 nitrogen and oxygen atoms in total. The third-order valence-corrected chi connectivity index (χ3v) is 6.15. The lowest BCUT2D eigenvalue weighted by Gasteiger charge is -2.31. The van der Waals surface area contributed by atoms with Gasteiger partial charge in [-0.15, -0.1) is 0 Å². The summed E-state index contributed by atoms with van der Waals surface area (Å²) in [6, 6.07) is 10.0. The van der Waals surface area contributed by atoms with Gasteiger partial charge in [-0.1, -0.05) is 40.5 Å². The van der Waals surface area contributed by atoms with Gasteiger partial charge in [0.05, 0.1) is 19.0 Å². The minimum absolute atomic E-state index is 0.0663. The predicted octanol–water partition coefficient (Wildman–Crippen LogP) is 4.13. The highest BCUT2D eigenvalue weighted by Crippen LogP contribution is 2.38. The largest absolute Gasteiger partial charge is 0.489 e. The van der Waals surface area contributed by atoms with Gasteiger partial charge in [0.1, 0.15) is 12.3 Å². The highest BCUT2D eigenvalue weighted by molar-refractivity contribution is 6.36. The lowest BCUT2D eigenvalue weighted by Crippen LogP contribution is -2.35. The number of Topliss-reactive ketones (excluding diaryl/α,β-unsaturated/α-hetero) is 1. The van der Waals surface area contributed by atoms with E-state index in [2.05, 4.69) is 15.1 Å². The highest BCUT2D eigenvalue weighted by Gasteiger charge is 2.30. The maximum absolute atomic E-state index is 13.2. The van der Waals surface area contributed by atoms with Gasteiger partial charge in [0, 0.05) is 47.9 Å². The molecule has 0 amide bonds. The number of carbonyl (C=O) groups excluding carboxylic acids is 1. The normalized spacial score (nSPS) is 11.8. The van der Waals surface area contributed by atoms with Gasteiger partial charge in [0.15, 0.2) is 11.5 Å². The number of carbonyl (C=O) groups is 1. The summed E-state index contributed by atoms with van der Waals surface area (Å²) >= 11 is 13.1. The fraction of sp³-hybridized carbons (Fsp3) is 0.208. The van der Waals surface area contributed by atoms with Crippen molar-refractivity contribution in [2.45, 2.75) is 12.5 Å². The van der Waals surface area contributed by atoms with Crippen molar-refractivity contribution in [1.82, 2.24) is 19.7 Å². The molecule has 4 rings (SSSR count). The maximum Gasteiger partial charge on any atom is 0.297 e. The summed E-state index contributed by atoms with van der Waals surface area (Å²) in [5.41, 5.74) is 1.11. The van der Waals surface area contributed by atoms with Gasteiger partial charge in [-0.3, -0.25) is 19.1 Å². The second kappa shape index (κ2) is 10.3. The van der Waals surface area contributed by atoms with Crippen LogP contribution in [0.1, 0.15) is 33.4 Å². The molecule has 0 saturated carbocycles. The van der Waals surface area contributed by atoms with Crippen LogP contribution in [0.4, 0.5) is 5.95 Å². The third kappa shape index (κ3) is 4.78. The summed E-state index contributed by atoms with van der Waals surface area (Å²) < 4.78 is 11.4. The Morgan fingerprint density at radius 1 is 1.20 bits per heavy atom. The monoisotopic (exact) mass is 513 g/mol. The fourth-order valence-corrected chi connectivity index (χ4v) is 4.41. The molecule has 3 heterocycles. The zero-order valence-corrected chi connectivity index (χ0v) is 20.6. The fourth-order valence-electron chi connectivity index (χ4n) is 3.81. The van der Waals surface area contributed by atoms with Crippen LogP contribution in [0.3, 0.4) is 0 Å². The van der Waals surface area contributed by atoms with Crippen LogP contribution in [0, 0.1) is 0 Å². The number of pyridine rings is 1. The van der Waals surface area contributed by atoms with Gasteiger partial charge in [-0.2, -0.15) is 0 Å². The van der Waals surface area contributed by atoms with Crippen LogP contribution in [0.2, 0.25) is 10.0 Å². The average Bonchev–Trinajstić information content (AvgIpc) is 3.36. The molecule has 1 aromatic carbocycles. The van der Waals surface area contributed by atoms with E-state index in [1.807, 2.05) is 12.1 Å². The van der Waals surface area contributed by atoms with Gasteiger partial charge in [-0.25, -0.2) is 4.98 Å². The molecule has 11 heteroatoms. The van der Waals surface area contributed by atoms with Gasteiger partial charge in [0.25, 0.3) is 5.56 Å². The lowest BCUT2D eigenvalue weighted by molar-refractivity contribution is 0.0984. The van der Waals surface area contributed by atoms with Crippen LogP contribution >= 0.6 is 23.2 Å². The number of halogens is 2. The van der Waals surface area contributed by atoms with Crippen LogP contribution in [-0.4, -0.2) is 39.6 Å². The van der Waals surface area contributed by atoms with Crippen molar-refractivity contribution in [3.05, 3.63) is 98.0 Å². The minimum Gasteiger partial charge on any atom is -0.489 e. The Hall–Kier alpha value is -3.69. The summed E-state index contributed by atoms with van der Waals surface area (Å²) in [5, 5.41) is 4.45. The summed E-state index contributed by atoms with van der Waals surface area (Å²) in [6.07, 6.45) is 4.36. The number of ketones is 1. The van der Waals surface area contributed by atoms with Crippen molar-refractivity contribution in [3.8, 4) is 5.75 Å². The average molecular weight is 514 g/mol. The Morgan fingerprint density at radius 2 is 1.94 bits per heavy atom. The van der Waals surface area contributed by atoms with E-state index in [4.69, 9.17) is 32.5 Å². The SMILES string of the molecule is COc1c(C(=O)Cc2cnoc2)nc(N(C)C(c2ccccn2)c2c(Cl)cccc2Cl)n(C)c1=O. The number of methoxy groups -OCH3 is 1. The Bertz CT molecular complexity index is 1390. The first-order chi connectivity index (χ1) is 16.8. The summed E-state index contributed by atoms with van der Waals surface area (Å²) in [5.74, 6) is -0.394. The molecule has 0 aliphatic carbocycles. The van der Waals surface area contributed by atoms with E-state index in [1.165, 1.54) is 24.1 Å². The van der Waals surface area contributed by atoms with Crippen LogP contribution in [-0.2, 0) is 13.5 Å². The number of nitrogens with zero attached hydrogens (tertiary/aromatic N) is 5. The van der Waals surface area contributed by atoms with Crippen LogP contribution in [0.15, 0.2) is 64.4 Å². The molecule has 0 aliphatic rings. The number of hydrogen-bond acceptors (Lipinski definition) is 8. The van der Waals surface area contributed by atoms with E-state index in [9.17, 15) is 9.59 Å². The second-order valence-corrected chi connectivity index (χ2v) is 8.51. The first-order valence-electron chi connectivity index (χ1n) is 10.5.